The number of hydrogen-bond donors (Lipinski definition) is 1. The third-order valence-electron chi connectivity index (χ3n) is 4.31. The molecule has 1 amide bonds. The van der Waals surface area contributed by atoms with Crippen LogP contribution in [0.2, 0.25) is 0 Å². The van der Waals surface area contributed by atoms with Crippen LogP contribution in [0.5, 0.6) is 0 Å². The van der Waals surface area contributed by atoms with E-state index in [1.807, 2.05) is 31.7 Å². The van der Waals surface area contributed by atoms with E-state index in [4.69, 9.17) is 4.74 Å². The summed E-state index contributed by atoms with van der Waals surface area (Å²) in [5.74, 6) is 0.547. The molecule has 0 radical (unpaired) electrons. The SMILES string of the molecule is C[C@H]1CCN(C(=O)OC(C)(C)C)CC[C@H]1NCc1ccccc1. The Kier molecular flexibility index (Phi) is 6.05. The first-order valence-electron chi connectivity index (χ1n) is 8.60. The minimum atomic E-state index is -0.431. The van der Waals surface area contributed by atoms with Crippen LogP contribution in [0, 0.1) is 5.92 Å². The van der Waals surface area contributed by atoms with Gasteiger partial charge in [0, 0.05) is 25.7 Å². The number of likely N-dealkylation sites (tertiary alicyclic amines) is 1. The van der Waals surface area contributed by atoms with Crippen molar-refractivity contribution in [3.8, 4) is 0 Å². The molecule has 0 bridgehead atoms. The molecule has 1 aromatic carbocycles. The third kappa shape index (κ3) is 5.87. The number of nitrogens with zero attached hydrogens (tertiary/aromatic N) is 1. The fraction of sp³-hybridized carbons (Fsp3) is 0.632. The summed E-state index contributed by atoms with van der Waals surface area (Å²) in [6, 6.07) is 10.9. The summed E-state index contributed by atoms with van der Waals surface area (Å²) < 4.78 is 5.50. The fourth-order valence-corrected chi connectivity index (χ4v) is 2.91. The molecule has 4 nitrogen and oxygen atoms in total. The Morgan fingerprint density at radius 3 is 2.52 bits per heavy atom. The first kappa shape index (κ1) is 17.8. The standard InChI is InChI=1S/C19H30N2O2/c1-15-10-12-21(18(22)23-19(2,3)4)13-11-17(15)20-14-16-8-6-5-7-9-16/h5-9,15,17,20H,10-14H2,1-4H3/t15-,17+/m0/s1. The lowest BCUT2D eigenvalue weighted by Gasteiger charge is -2.26. The molecular weight excluding hydrogens is 288 g/mol. The van der Waals surface area contributed by atoms with E-state index in [9.17, 15) is 4.79 Å². The number of rotatable bonds is 3. The molecule has 1 heterocycles. The largest absolute Gasteiger partial charge is 0.444 e. The summed E-state index contributed by atoms with van der Waals surface area (Å²) >= 11 is 0. The summed E-state index contributed by atoms with van der Waals surface area (Å²) in [5.41, 5.74) is 0.868. The lowest BCUT2D eigenvalue weighted by molar-refractivity contribution is 0.0255. The van der Waals surface area contributed by atoms with Crippen molar-refractivity contribution >= 4 is 6.09 Å². The lowest BCUT2D eigenvalue weighted by atomic mass is 9.97. The molecule has 1 aliphatic rings. The van der Waals surface area contributed by atoms with Gasteiger partial charge in [-0.2, -0.15) is 0 Å². The molecule has 0 spiro atoms. The molecule has 1 aliphatic heterocycles. The smallest absolute Gasteiger partial charge is 0.410 e. The Morgan fingerprint density at radius 2 is 1.87 bits per heavy atom. The van der Waals surface area contributed by atoms with Crippen molar-refractivity contribution in [1.82, 2.24) is 10.2 Å². The second-order valence-corrected chi connectivity index (χ2v) is 7.50. The zero-order valence-corrected chi connectivity index (χ0v) is 14.8. The van der Waals surface area contributed by atoms with E-state index in [0.29, 0.717) is 12.0 Å². The van der Waals surface area contributed by atoms with Crippen LogP contribution in [-0.4, -0.2) is 35.7 Å². The van der Waals surface area contributed by atoms with Crippen LogP contribution in [0.15, 0.2) is 30.3 Å². The number of ether oxygens (including phenoxy) is 1. The minimum absolute atomic E-state index is 0.187. The monoisotopic (exact) mass is 318 g/mol. The van der Waals surface area contributed by atoms with Crippen molar-refractivity contribution in [2.45, 2.75) is 58.7 Å². The van der Waals surface area contributed by atoms with E-state index in [1.54, 1.807) is 0 Å². The molecule has 1 saturated heterocycles. The summed E-state index contributed by atoms with van der Waals surface area (Å²) in [6.07, 6.45) is 1.78. The Hall–Kier alpha value is -1.55. The van der Waals surface area contributed by atoms with Crippen molar-refractivity contribution in [3.63, 3.8) is 0 Å². The number of carbonyl (C=O) groups excluding carboxylic acids is 1. The number of carbonyl (C=O) groups is 1. The first-order chi connectivity index (χ1) is 10.8. The maximum absolute atomic E-state index is 12.2. The van der Waals surface area contributed by atoms with E-state index in [1.165, 1.54) is 5.56 Å². The van der Waals surface area contributed by atoms with Crippen LogP contribution in [0.25, 0.3) is 0 Å². The van der Waals surface area contributed by atoms with Gasteiger partial charge in [-0.1, -0.05) is 37.3 Å². The van der Waals surface area contributed by atoms with E-state index in [-0.39, 0.29) is 6.09 Å². The van der Waals surface area contributed by atoms with Crippen LogP contribution < -0.4 is 5.32 Å². The average Bonchev–Trinajstić information content (AvgIpc) is 2.66. The number of benzene rings is 1. The van der Waals surface area contributed by atoms with Gasteiger partial charge >= 0.3 is 6.09 Å². The number of amides is 1. The second-order valence-electron chi connectivity index (χ2n) is 7.50. The highest BCUT2D eigenvalue weighted by molar-refractivity contribution is 5.68. The predicted molar refractivity (Wildman–Crippen MR) is 93.3 cm³/mol. The van der Waals surface area contributed by atoms with Crippen LogP contribution in [0.1, 0.15) is 46.1 Å². The highest BCUT2D eigenvalue weighted by Gasteiger charge is 2.28. The molecule has 1 fully saturated rings. The Labute approximate surface area is 140 Å². The Bertz CT molecular complexity index is 496. The third-order valence-corrected chi connectivity index (χ3v) is 4.31. The molecular formula is C19H30N2O2. The molecule has 0 saturated carbocycles. The van der Waals surface area contributed by atoms with Crippen LogP contribution in [0.3, 0.4) is 0 Å². The summed E-state index contributed by atoms with van der Waals surface area (Å²) in [6.45, 7) is 10.4. The van der Waals surface area contributed by atoms with Crippen molar-refractivity contribution in [1.29, 1.82) is 0 Å². The molecule has 0 aliphatic carbocycles. The minimum Gasteiger partial charge on any atom is -0.444 e. The second kappa shape index (κ2) is 7.82. The Balaban J connectivity index is 1.86. The van der Waals surface area contributed by atoms with Gasteiger partial charge < -0.3 is 15.0 Å². The van der Waals surface area contributed by atoms with Crippen molar-refractivity contribution in [2.75, 3.05) is 13.1 Å². The van der Waals surface area contributed by atoms with E-state index in [0.717, 1.165) is 32.5 Å². The molecule has 2 rings (SSSR count). The van der Waals surface area contributed by atoms with Gasteiger partial charge in [0.1, 0.15) is 5.60 Å². The van der Waals surface area contributed by atoms with Gasteiger partial charge in [-0.15, -0.1) is 0 Å². The van der Waals surface area contributed by atoms with Gasteiger partial charge in [-0.3, -0.25) is 0 Å². The quantitative estimate of drug-likeness (QED) is 0.921. The van der Waals surface area contributed by atoms with Crippen LogP contribution >= 0.6 is 0 Å². The number of nitrogens with one attached hydrogen (secondary N) is 1. The first-order valence-corrected chi connectivity index (χ1v) is 8.60. The topological polar surface area (TPSA) is 41.6 Å². The van der Waals surface area contributed by atoms with Gasteiger partial charge in [0.2, 0.25) is 0 Å². The van der Waals surface area contributed by atoms with E-state index < -0.39 is 5.60 Å². The van der Waals surface area contributed by atoms with E-state index >= 15 is 0 Å². The van der Waals surface area contributed by atoms with E-state index in [2.05, 4.69) is 36.5 Å². The van der Waals surface area contributed by atoms with Gasteiger partial charge in [-0.05, 0) is 45.1 Å². The zero-order chi connectivity index (χ0) is 16.9. The van der Waals surface area contributed by atoms with Crippen LogP contribution in [-0.2, 0) is 11.3 Å². The number of hydrogen-bond acceptors (Lipinski definition) is 3. The normalized spacial score (nSPS) is 22.5. The van der Waals surface area contributed by atoms with Crippen LogP contribution in [0.4, 0.5) is 4.79 Å². The molecule has 128 valence electrons. The van der Waals surface area contributed by atoms with Gasteiger partial charge in [-0.25, -0.2) is 4.79 Å². The van der Waals surface area contributed by atoms with Crippen molar-refractivity contribution < 1.29 is 9.53 Å². The maximum atomic E-state index is 12.2. The molecule has 23 heavy (non-hydrogen) atoms. The molecule has 1 N–H and O–H groups in total. The van der Waals surface area contributed by atoms with Gasteiger partial charge in [0.15, 0.2) is 0 Å². The zero-order valence-electron chi connectivity index (χ0n) is 14.8. The highest BCUT2D eigenvalue weighted by atomic mass is 16.6. The summed E-state index contributed by atoms with van der Waals surface area (Å²) in [4.78, 5) is 14.1. The molecule has 0 aromatic heterocycles. The molecule has 0 unspecified atom stereocenters. The lowest BCUT2D eigenvalue weighted by Crippen LogP contribution is -2.38. The maximum Gasteiger partial charge on any atom is 0.410 e. The molecule has 2 atom stereocenters. The fourth-order valence-electron chi connectivity index (χ4n) is 2.91. The summed E-state index contributed by atoms with van der Waals surface area (Å²) in [5, 5.41) is 3.66. The molecule has 4 heteroatoms. The van der Waals surface area contributed by atoms with Gasteiger partial charge in [0.25, 0.3) is 0 Å². The highest BCUT2D eigenvalue weighted by Crippen LogP contribution is 2.20. The average molecular weight is 318 g/mol. The molecule has 1 aromatic rings. The summed E-state index contributed by atoms with van der Waals surface area (Å²) in [7, 11) is 0. The van der Waals surface area contributed by atoms with Crippen molar-refractivity contribution in [3.05, 3.63) is 35.9 Å². The van der Waals surface area contributed by atoms with Crippen molar-refractivity contribution in [2.24, 2.45) is 5.92 Å². The Morgan fingerprint density at radius 1 is 1.22 bits per heavy atom. The predicted octanol–water partition coefficient (Wildman–Crippen LogP) is 3.81. The van der Waals surface area contributed by atoms with Gasteiger partial charge in [0.05, 0.1) is 0 Å².